The lowest BCUT2D eigenvalue weighted by atomic mass is 10.1. The van der Waals surface area contributed by atoms with E-state index in [2.05, 4.69) is 11.4 Å². The molecule has 0 aliphatic heterocycles. The van der Waals surface area contributed by atoms with Crippen molar-refractivity contribution in [2.75, 3.05) is 27.8 Å². The van der Waals surface area contributed by atoms with Crippen LogP contribution < -0.4 is 14.8 Å². The summed E-state index contributed by atoms with van der Waals surface area (Å²) in [7, 11) is 5.34. The van der Waals surface area contributed by atoms with Crippen molar-refractivity contribution in [1.29, 1.82) is 0 Å². The molecule has 0 unspecified atom stereocenters. The largest absolute Gasteiger partial charge is 0.493 e. The zero-order chi connectivity index (χ0) is 11.8. The Balaban J connectivity index is 2.63. The first-order chi connectivity index (χ1) is 7.83. The predicted octanol–water partition coefficient (Wildman–Crippen LogP) is 2.25. The first-order valence-electron chi connectivity index (χ1n) is 5.68. The molecule has 0 heterocycles. The average Bonchev–Trinajstić information content (AvgIpc) is 2.34. The van der Waals surface area contributed by atoms with Crippen molar-refractivity contribution < 1.29 is 9.47 Å². The zero-order valence-electron chi connectivity index (χ0n) is 10.4. The Morgan fingerprint density at radius 3 is 2.56 bits per heavy atom. The van der Waals surface area contributed by atoms with E-state index in [9.17, 15) is 0 Å². The number of ether oxygens (including phenoxy) is 2. The predicted molar refractivity (Wildman–Crippen MR) is 66.4 cm³/mol. The van der Waals surface area contributed by atoms with E-state index in [1.54, 1.807) is 14.2 Å². The van der Waals surface area contributed by atoms with Crippen LogP contribution in [-0.4, -0.2) is 27.8 Å². The van der Waals surface area contributed by atoms with Gasteiger partial charge in [-0.15, -0.1) is 0 Å². The molecule has 0 aromatic heterocycles. The van der Waals surface area contributed by atoms with Gasteiger partial charge >= 0.3 is 0 Å². The van der Waals surface area contributed by atoms with E-state index in [0.29, 0.717) is 0 Å². The molecule has 16 heavy (non-hydrogen) atoms. The second-order valence-corrected chi connectivity index (χ2v) is 3.71. The highest BCUT2D eigenvalue weighted by molar-refractivity contribution is 5.46. The molecular weight excluding hydrogens is 202 g/mol. The Kier molecular flexibility index (Phi) is 5.72. The minimum atomic E-state index is 0.814. The highest BCUT2D eigenvalue weighted by Gasteiger charge is 2.08. The van der Waals surface area contributed by atoms with Crippen LogP contribution in [-0.2, 0) is 6.42 Å². The van der Waals surface area contributed by atoms with Crippen LogP contribution >= 0.6 is 0 Å². The number of rotatable bonds is 7. The molecule has 1 aromatic carbocycles. The molecule has 0 aliphatic rings. The van der Waals surface area contributed by atoms with E-state index < -0.39 is 0 Å². The number of benzene rings is 1. The normalized spacial score (nSPS) is 10.2. The molecule has 0 fully saturated rings. The lowest BCUT2D eigenvalue weighted by molar-refractivity contribution is 0.351. The molecular formula is C13H21NO2. The monoisotopic (exact) mass is 223 g/mol. The number of methoxy groups -OCH3 is 2. The van der Waals surface area contributed by atoms with Crippen molar-refractivity contribution >= 4 is 0 Å². The van der Waals surface area contributed by atoms with Crippen molar-refractivity contribution in [3.05, 3.63) is 23.8 Å². The maximum atomic E-state index is 5.38. The standard InChI is InChI=1S/C13H21NO2/c1-14-10-5-4-7-11-8-6-9-12(15-2)13(11)16-3/h6,8-9,14H,4-5,7,10H2,1-3H3. The van der Waals surface area contributed by atoms with Gasteiger partial charge < -0.3 is 14.8 Å². The van der Waals surface area contributed by atoms with Crippen molar-refractivity contribution in [3.8, 4) is 11.5 Å². The summed E-state index contributed by atoms with van der Waals surface area (Å²) < 4.78 is 10.7. The van der Waals surface area contributed by atoms with Crippen molar-refractivity contribution in [3.63, 3.8) is 0 Å². The second kappa shape index (κ2) is 7.12. The second-order valence-electron chi connectivity index (χ2n) is 3.71. The molecule has 1 N–H and O–H groups in total. The van der Waals surface area contributed by atoms with Crippen LogP contribution in [0.3, 0.4) is 0 Å². The van der Waals surface area contributed by atoms with Crippen molar-refractivity contribution in [2.45, 2.75) is 19.3 Å². The lowest BCUT2D eigenvalue weighted by Crippen LogP contribution is -2.07. The summed E-state index contributed by atoms with van der Waals surface area (Å²) in [6.07, 6.45) is 3.36. The van der Waals surface area contributed by atoms with Crippen LogP contribution in [0.25, 0.3) is 0 Å². The molecule has 0 atom stereocenters. The summed E-state index contributed by atoms with van der Waals surface area (Å²) in [5.74, 6) is 1.68. The lowest BCUT2D eigenvalue weighted by Gasteiger charge is -2.12. The molecule has 1 rings (SSSR count). The topological polar surface area (TPSA) is 30.5 Å². The summed E-state index contributed by atoms with van der Waals surface area (Å²) in [5.41, 5.74) is 1.22. The fraction of sp³-hybridized carbons (Fsp3) is 0.538. The van der Waals surface area contributed by atoms with Gasteiger partial charge in [-0.25, -0.2) is 0 Å². The van der Waals surface area contributed by atoms with Crippen LogP contribution in [0.15, 0.2) is 18.2 Å². The van der Waals surface area contributed by atoms with Crippen LogP contribution in [0.5, 0.6) is 11.5 Å². The molecule has 1 aromatic rings. The molecule has 0 saturated heterocycles. The highest BCUT2D eigenvalue weighted by Crippen LogP contribution is 2.31. The van der Waals surface area contributed by atoms with Gasteiger partial charge in [0.25, 0.3) is 0 Å². The third kappa shape index (κ3) is 3.42. The Labute approximate surface area is 97.8 Å². The number of aryl methyl sites for hydroxylation is 1. The number of hydrogen-bond acceptors (Lipinski definition) is 3. The summed E-state index contributed by atoms with van der Waals surface area (Å²) in [6, 6.07) is 6.03. The molecule has 0 amide bonds. The van der Waals surface area contributed by atoms with Gasteiger partial charge in [0.15, 0.2) is 11.5 Å². The molecule has 3 heteroatoms. The summed E-state index contributed by atoms with van der Waals surface area (Å²) >= 11 is 0. The van der Waals surface area contributed by atoms with E-state index in [4.69, 9.17) is 9.47 Å². The molecule has 0 bridgehead atoms. The van der Waals surface area contributed by atoms with Gasteiger partial charge in [-0.1, -0.05) is 12.1 Å². The van der Waals surface area contributed by atoms with Crippen molar-refractivity contribution in [2.24, 2.45) is 0 Å². The Morgan fingerprint density at radius 2 is 1.94 bits per heavy atom. The first kappa shape index (κ1) is 12.8. The quantitative estimate of drug-likeness (QED) is 0.719. The molecule has 0 radical (unpaired) electrons. The van der Waals surface area contributed by atoms with Crippen molar-refractivity contribution in [1.82, 2.24) is 5.32 Å². The minimum absolute atomic E-state index is 0.814. The number of para-hydroxylation sites is 1. The van der Waals surface area contributed by atoms with Gasteiger partial charge in [0, 0.05) is 0 Å². The third-order valence-corrected chi connectivity index (χ3v) is 2.61. The van der Waals surface area contributed by atoms with Crippen LogP contribution in [0.4, 0.5) is 0 Å². The molecule has 0 aliphatic carbocycles. The van der Waals surface area contributed by atoms with Gasteiger partial charge in [-0.3, -0.25) is 0 Å². The molecule has 3 nitrogen and oxygen atoms in total. The van der Waals surface area contributed by atoms with Crippen LogP contribution in [0.1, 0.15) is 18.4 Å². The van der Waals surface area contributed by atoms with E-state index in [1.807, 2.05) is 19.2 Å². The van der Waals surface area contributed by atoms with Gasteiger partial charge in [0.1, 0.15) is 0 Å². The molecule has 0 saturated carbocycles. The minimum Gasteiger partial charge on any atom is -0.493 e. The first-order valence-corrected chi connectivity index (χ1v) is 5.68. The zero-order valence-corrected chi connectivity index (χ0v) is 10.4. The summed E-state index contributed by atoms with van der Waals surface area (Å²) in [6.45, 7) is 1.06. The fourth-order valence-electron chi connectivity index (χ4n) is 1.77. The maximum Gasteiger partial charge on any atom is 0.163 e. The van der Waals surface area contributed by atoms with E-state index in [-0.39, 0.29) is 0 Å². The van der Waals surface area contributed by atoms with E-state index >= 15 is 0 Å². The number of unbranched alkanes of at least 4 members (excludes halogenated alkanes) is 1. The summed E-state index contributed by atoms with van der Waals surface area (Å²) in [4.78, 5) is 0. The van der Waals surface area contributed by atoms with E-state index in [1.165, 1.54) is 12.0 Å². The SMILES string of the molecule is CNCCCCc1cccc(OC)c1OC. The smallest absolute Gasteiger partial charge is 0.163 e. The Hall–Kier alpha value is -1.22. The van der Waals surface area contributed by atoms with Crippen LogP contribution in [0.2, 0.25) is 0 Å². The Bertz CT molecular complexity index is 313. The number of nitrogens with one attached hydrogen (secondary N) is 1. The highest BCUT2D eigenvalue weighted by atomic mass is 16.5. The van der Waals surface area contributed by atoms with Gasteiger partial charge in [0.2, 0.25) is 0 Å². The summed E-state index contributed by atoms with van der Waals surface area (Å²) in [5, 5.41) is 3.15. The van der Waals surface area contributed by atoms with E-state index in [0.717, 1.165) is 30.9 Å². The van der Waals surface area contributed by atoms with Crippen LogP contribution in [0, 0.1) is 0 Å². The average molecular weight is 223 g/mol. The Morgan fingerprint density at radius 1 is 1.12 bits per heavy atom. The van der Waals surface area contributed by atoms with Gasteiger partial charge in [0.05, 0.1) is 14.2 Å². The fourth-order valence-corrected chi connectivity index (χ4v) is 1.77. The van der Waals surface area contributed by atoms with Gasteiger partial charge in [-0.2, -0.15) is 0 Å². The van der Waals surface area contributed by atoms with Gasteiger partial charge in [-0.05, 0) is 44.5 Å². The number of hydrogen-bond donors (Lipinski definition) is 1. The molecule has 0 spiro atoms. The molecule has 90 valence electrons. The third-order valence-electron chi connectivity index (χ3n) is 2.61. The maximum absolute atomic E-state index is 5.38.